The molecule has 2 aromatic rings. The lowest BCUT2D eigenvalue weighted by molar-refractivity contribution is -0.139. The number of hydrogen-bond donors (Lipinski definition) is 1. The van der Waals surface area contributed by atoms with Crippen LogP contribution in [-0.4, -0.2) is 45.0 Å². The van der Waals surface area contributed by atoms with E-state index in [9.17, 15) is 9.59 Å². The molecule has 1 aliphatic carbocycles. The SMILES string of the molecule is C=CC(=O)OCCOCCCNC(=O)OCC1c2ccccc2-c2ccccc21. The molecule has 3 rings (SSSR count). The summed E-state index contributed by atoms with van der Waals surface area (Å²) in [5.41, 5.74) is 4.78. The second-order valence-electron chi connectivity index (χ2n) is 6.59. The zero-order chi connectivity index (χ0) is 20.5. The zero-order valence-electron chi connectivity index (χ0n) is 16.3. The smallest absolute Gasteiger partial charge is 0.407 e. The van der Waals surface area contributed by atoms with Crippen LogP contribution in [-0.2, 0) is 19.0 Å². The van der Waals surface area contributed by atoms with Crippen LogP contribution in [0, 0.1) is 0 Å². The first kappa shape index (κ1) is 20.6. The Kier molecular flexibility index (Phi) is 7.41. The minimum absolute atomic E-state index is 0.0507. The highest BCUT2D eigenvalue weighted by Crippen LogP contribution is 2.44. The quantitative estimate of drug-likeness (QED) is 0.378. The first-order chi connectivity index (χ1) is 14.2. The van der Waals surface area contributed by atoms with Crippen LogP contribution >= 0.6 is 0 Å². The summed E-state index contributed by atoms with van der Waals surface area (Å²) in [6.45, 7) is 5.00. The number of esters is 1. The number of ether oxygens (including phenoxy) is 3. The van der Waals surface area contributed by atoms with Gasteiger partial charge in [0.15, 0.2) is 0 Å². The van der Waals surface area contributed by atoms with E-state index in [1.54, 1.807) is 0 Å². The molecule has 0 aromatic heterocycles. The lowest BCUT2D eigenvalue weighted by Crippen LogP contribution is -2.27. The number of carbonyl (C=O) groups is 2. The van der Waals surface area contributed by atoms with Gasteiger partial charge in [0.2, 0.25) is 0 Å². The summed E-state index contributed by atoms with van der Waals surface area (Å²) in [4.78, 5) is 22.9. The maximum absolute atomic E-state index is 12.0. The third-order valence-corrected chi connectivity index (χ3v) is 4.72. The molecule has 0 bridgehead atoms. The highest BCUT2D eigenvalue weighted by atomic mass is 16.6. The second-order valence-corrected chi connectivity index (χ2v) is 6.59. The summed E-state index contributed by atoms with van der Waals surface area (Å²) in [6.07, 6.45) is 1.31. The van der Waals surface area contributed by atoms with Gasteiger partial charge in [-0.15, -0.1) is 0 Å². The number of nitrogens with one attached hydrogen (secondary N) is 1. The molecule has 6 nitrogen and oxygen atoms in total. The van der Waals surface area contributed by atoms with Crippen molar-refractivity contribution in [1.82, 2.24) is 5.32 Å². The molecule has 0 saturated heterocycles. The molecule has 0 spiro atoms. The van der Waals surface area contributed by atoms with Crippen molar-refractivity contribution in [3.63, 3.8) is 0 Å². The number of fused-ring (bicyclic) bond motifs is 3. The van der Waals surface area contributed by atoms with Crippen molar-refractivity contribution in [1.29, 1.82) is 0 Å². The Morgan fingerprint density at radius 2 is 1.59 bits per heavy atom. The van der Waals surface area contributed by atoms with Crippen molar-refractivity contribution in [2.45, 2.75) is 12.3 Å². The third-order valence-electron chi connectivity index (χ3n) is 4.72. The minimum Gasteiger partial charge on any atom is -0.460 e. The van der Waals surface area contributed by atoms with E-state index >= 15 is 0 Å². The highest BCUT2D eigenvalue weighted by molar-refractivity contribution is 5.81. The predicted octanol–water partition coefficient (Wildman–Crippen LogP) is 3.66. The van der Waals surface area contributed by atoms with Crippen LogP contribution in [0.4, 0.5) is 4.79 Å². The lowest BCUT2D eigenvalue weighted by Gasteiger charge is -2.14. The van der Waals surface area contributed by atoms with Crippen LogP contribution in [0.1, 0.15) is 23.5 Å². The Morgan fingerprint density at radius 1 is 0.931 bits per heavy atom. The number of rotatable bonds is 10. The molecule has 29 heavy (non-hydrogen) atoms. The van der Waals surface area contributed by atoms with Gasteiger partial charge >= 0.3 is 12.1 Å². The van der Waals surface area contributed by atoms with Gasteiger partial charge in [0.1, 0.15) is 13.2 Å². The van der Waals surface area contributed by atoms with Gasteiger partial charge in [-0.3, -0.25) is 0 Å². The fraction of sp³-hybridized carbons (Fsp3) is 0.304. The van der Waals surface area contributed by atoms with Gasteiger partial charge in [0, 0.05) is 25.1 Å². The molecule has 0 heterocycles. The van der Waals surface area contributed by atoms with Gasteiger partial charge in [-0.05, 0) is 28.7 Å². The molecule has 152 valence electrons. The van der Waals surface area contributed by atoms with Gasteiger partial charge in [-0.25, -0.2) is 9.59 Å². The van der Waals surface area contributed by atoms with E-state index in [2.05, 4.69) is 36.2 Å². The van der Waals surface area contributed by atoms with Gasteiger partial charge in [0.05, 0.1) is 6.61 Å². The molecule has 6 heteroatoms. The van der Waals surface area contributed by atoms with E-state index in [4.69, 9.17) is 14.2 Å². The molecular formula is C23H25NO5. The first-order valence-electron chi connectivity index (χ1n) is 9.66. The summed E-state index contributed by atoms with van der Waals surface area (Å²) in [5.74, 6) is -0.416. The van der Waals surface area contributed by atoms with Crippen molar-refractivity contribution in [2.75, 3.05) is 33.0 Å². The predicted molar refractivity (Wildman–Crippen MR) is 110 cm³/mol. The summed E-state index contributed by atoms with van der Waals surface area (Å²) in [6, 6.07) is 16.5. The van der Waals surface area contributed by atoms with E-state index < -0.39 is 12.1 Å². The summed E-state index contributed by atoms with van der Waals surface area (Å²) < 4.78 is 15.6. The van der Waals surface area contributed by atoms with E-state index in [0.29, 0.717) is 32.8 Å². The number of amides is 1. The zero-order valence-corrected chi connectivity index (χ0v) is 16.3. The summed E-state index contributed by atoms with van der Waals surface area (Å²) in [7, 11) is 0. The standard InChI is InChI=1S/C23H25NO5/c1-2-22(25)28-15-14-27-13-7-12-24-23(26)29-16-21-19-10-5-3-8-17(19)18-9-4-6-11-20(18)21/h2-6,8-11,21H,1,7,12-16H2,(H,24,26). The number of benzene rings is 2. The van der Waals surface area contributed by atoms with Crippen molar-refractivity contribution < 1.29 is 23.8 Å². The average molecular weight is 395 g/mol. The molecule has 0 unspecified atom stereocenters. The van der Waals surface area contributed by atoms with Gasteiger partial charge < -0.3 is 19.5 Å². The molecule has 1 aliphatic rings. The third kappa shape index (κ3) is 5.45. The molecule has 0 fully saturated rings. The van der Waals surface area contributed by atoms with E-state index in [1.165, 1.54) is 22.3 Å². The molecule has 1 N–H and O–H groups in total. The normalized spacial score (nSPS) is 12.0. The average Bonchev–Trinajstić information content (AvgIpc) is 3.07. The largest absolute Gasteiger partial charge is 0.460 e. The van der Waals surface area contributed by atoms with E-state index in [-0.39, 0.29) is 12.5 Å². The van der Waals surface area contributed by atoms with Crippen LogP contribution in [0.5, 0.6) is 0 Å². The van der Waals surface area contributed by atoms with Crippen LogP contribution in [0.3, 0.4) is 0 Å². The lowest BCUT2D eigenvalue weighted by atomic mass is 9.98. The van der Waals surface area contributed by atoms with Gasteiger partial charge in [-0.2, -0.15) is 0 Å². The Labute approximate surface area is 170 Å². The monoisotopic (exact) mass is 395 g/mol. The van der Waals surface area contributed by atoms with Crippen molar-refractivity contribution in [2.24, 2.45) is 0 Å². The Morgan fingerprint density at radius 3 is 2.24 bits per heavy atom. The van der Waals surface area contributed by atoms with E-state index in [1.807, 2.05) is 24.3 Å². The highest BCUT2D eigenvalue weighted by Gasteiger charge is 2.28. The van der Waals surface area contributed by atoms with E-state index in [0.717, 1.165) is 6.08 Å². The topological polar surface area (TPSA) is 73.9 Å². The Balaban J connectivity index is 1.36. The molecular weight excluding hydrogens is 370 g/mol. The maximum Gasteiger partial charge on any atom is 0.407 e. The molecule has 0 radical (unpaired) electrons. The molecule has 0 saturated carbocycles. The fourth-order valence-electron chi connectivity index (χ4n) is 3.38. The van der Waals surface area contributed by atoms with Crippen LogP contribution < -0.4 is 5.32 Å². The van der Waals surface area contributed by atoms with Crippen molar-refractivity contribution in [3.05, 3.63) is 72.3 Å². The molecule has 2 aromatic carbocycles. The van der Waals surface area contributed by atoms with Crippen LogP contribution in [0.15, 0.2) is 61.2 Å². The van der Waals surface area contributed by atoms with Crippen LogP contribution in [0.2, 0.25) is 0 Å². The number of carbonyl (C=O) groups excluding carboxylic acids is 2. The van der Waals surface area contributed by atoms with Crippen molar-refractivity contribution in [3.8, 4) is 11.1 Å². The fourth-order valence-corrected chi connectivity index (χ4v) is 3.38. The summed E-state index contributed by atoms with van der Waals surface area (Å²) >= 11 is 0. The Bertz CT molecular complexity index is 818. The van der Waals surface area contributed by atoms with Crippen LogP contribution in [0.25, 0.3) is 11.1 Å². The first-order valence-corrected chi connectivity index (χ1v) is 9.66. The number of alkyl carbamates (subject to hydrolysis) is 1. The maximum atomic E-state index is 12.0. The minimum atomic E-state index is -0.467. The summed E-state index contributed by atoms with van der Waals surface area (Å²) in [5, 5.41) is 2.73. The molecule has 0 atom stereocenters. The second kappa shape index (κ2) is 10.4. The van der Waals surface area contributed by atoms with Gasteiger partial charge in [0.25, 0.3) is 0 Å². The van der Waals surface area contributed by atoms with Crippen molar-refractivity contribution >= 4 is 12.1 Å². The van der Waals surface area contributed by atoms with Gasteiger partial charge in [-0.1, -0.05) is 55.1 Å². The molecule has 0 aliphatic heterocycles. The number of hydrogen-bond acceptors (Lipinski definition) is 5. The Hall–Kier alpha value is -3.12. The molecule has 1 amide bonds.